The quantitative estimate of drug-likeness (QED) is 0.753. The topological polar surface area (TPSA) is 57.5 Å². The third-order valence-electron chi connectivity index (χ3n) is 2.20. The Morgan fingerprint density at radius 2 is 1.93 bits per heavy atom. The molecule has 0 bridgehead atoms. The van der Waals surface area contributed by atoms with Crippen LogP contribution in [0, 0.1) is 5.82 Å². The maximum absolute atomic E-state index is 13.3. The largest absolute Gasteiger partial charge is 0.507 e. The maximum Gasteiger partial charge on any atom is 0.336 e. The minimum atomic E-state index is -1.15. The summed E-state index contributed by atoms with van der Waals surface area (Å²) in [6.45, 7) is 0. The number of hydrogen-bond acceptors (Lipinski definition) is 2. The van der Waals surface area contributed by atoms with Crippen molar-refractivity contribution < 1.29 is 19.4 Å². The number of hydrogen-bond donors (Lipinski definition) is 2. The Labute approximate surface area is 84.4 Å². The van der Waals surface area contributed by atoms with E-state index >= 15 is 0 Å². The second kappa shape index (κ2) is 3.24. The van der Waals surface area contributed by atoms with Crippen LogP contribution in [0.25, 0.3) is 10.8 Å². The van der Waals surface area contributed by atoms with Crippen molar-refractivity contribution in [1.29, 1.82) is 0 Å². The Bertz CT molecular complexity index is 541. The van der Waals surface area contributed by atoms with E-state index in [0.29, 0.717) is 0 Å². The Hall–Kier alpha value is -2.10. The predicted octanol–water partition coefficient (Wildman–Crippen LogP) is 2.38. The van der Waals surface area contributed by atoms with Crippen LogP contribution in [0.5, 0.6) is 5.75 Å². The molecule has 0 heterocycles. The van der Waals surface area contributed by atoms with Gasteiger partial charge < -0.3 is 10.2 Å². The first-order valence-corrected chi connectivity index (χ1v) is 4.25. The zero-order valence-corrected chi connectivity index (χ0v) is 7.57. The molecule has 2 rings (SSSR count). The number of halogens is 1. The van der Waals surface area contributed by atoms with Crippen molar-refractivity contribution in [3.63, 3.8) is 0 Å². The second-order valence-electron chi connectivity index (χ2n) is 3.10. The average Bonchev–Trinajstić information content (AvgIpc) is 2.17. The first kappa shape index (κ1) is 9.45. The summed E-state index contributed by atoms with van der Waals surface area (Å²) >= 11 is 0. The van der Waals surface area contributed by atoms with Crippen molar-refractivity contribution in [1.82, 2.24) is 0 Å². The van der Waals surface area contributed by atoms with Gasteiger partial charge in [0.1, 0.15) is 11.6 Å². The molecular weight excluding hydrogens is 199 g/mol. The number of benzene rings is 2. The van der Waals surface area contributed by atoms with Crippen molar-refractivity contribution in [2.24, 2.45) is 0 Å². The van der Waals surface area contributed by atoms with Gasteiger partial charge in [0.25, 0.3) is 0 Å². The van der Waals surface area contributed by atoms with E-state index in [1.165, 1.54) is 30.3 Å². The Balaban J connectivity index is 2.95. The standard InChI is InChI=1S/C11H7FO3/c12-8-3-1-2-6-7(11(14)15)4-5-9(13)10(6)8/h1-5,13H,(H,14,15). The molecule has 76 valence electrons. The molecule has 0 fully saturated rings. The van der Waals surface area contributed by atoms with E-state index in [4.69, 9.17) is 5.11 Å². The number of rotatable bonds is 1. The highest BCUT2D eigenvalue weighted by molar-refractivity contribution is 6.05. The molecular formula is C11H7FO3. The predicted molar refractivity (Wildman–Crippen MR) is 52.5 cm³/mol. The molecule has 3 nitrogen and oxygen atoms in total. The number of fused-ring (bicyclic) bond motifs is 1. The Kier molecular flexibility index (Phi) is 2.04. The summed E-state index contributed by atoms with van der Waals surface area (Å²) < 4.78 is 13.3. The summed E-state index contributed by atoms with van der Waals surface area (Å²) in [6.07, 6.45) is 0. The van der Waals surface area contributed by atoms with Crippen LogP contribution < -0.4 is 0 Å². The van der Waals surface area contributed by atoms with Crippen molar-refractivity contribution >= 4 is 16.7 Å². The first-order valence-electron chi connectivity index (χ1n) is 4.25. The number of phenols is 1. The molecule has 2 N–H and O–H groups in total. The molecule has 0 aliphatic heterocycles. The number of carbonyl (C=O) groups is 1. The molecule has 0 saturated carbocycles. The van der Waals surface area contributed by atoms with E-state index in [2.05, 4.69) is 0 Å². The monoisotopic (exact) mass is 206 g/mol. The smallest absolute Gasteiger partial charge is 0.336 e. The van der Waals surface area contributed by atoms with Gasteiger partial charge in [-0.1, -0.05) is 12.1 Å². The number of aromatic hydroxyl groups is 1. The fourth-order valence-electron chi connectivity index (χ4n) is 1.53. The van der Waals surface area contributed by atoms with E-state index in [1.54, 1.807) is 0 Å². The summed E-state index contributed by atoms with van der Waals surface area (Å²) in [7, 11) is 0. The minimum absolute atomic E-state index is 0.0256. The normalized spacial score (nSPS) is 10.5. The van der Waals surface area contributed by atoms with Crippen LogP contribution in [-0.4, -0.2) is 16.2 Å². The van der Waals surface area contributed by atoms with Crippen LogP contribution in [0.4, 0.5) is 4.39 Å². The lowest BCUT2D eigenvalue weighted by Crippen LogP contribution is -1.97. The van der Waals surface area contributed by atoms with Crippen molar-refractivity contribution in [3.05, 3.63) is 41.7 Å². The highest BCUT2D eigenvalue weighted by Crippen LogP contribution is 2.29. The SMILES string of the molecule is O=C(O)c1ccc(O)c2c(F)cccc12. The molecule has 0 radical (unpaired) electrons. The van der Waals surface area contributed by atoms with Crippen LogP contribution in [0.2, 0.25) is 0 Å². The highest BCUT2D eigenvalue weighted by atomic mass is 19.1. The van der Waals surface area contributed by atoms with Gasteiger partial charge in [0.05, 0.1) is 10.9 Å². The van der Waals surface area contributed by atoms with E-state index in [9.17, 15) is 14.3 Å². The average molecular weight is 206 g/mol. The second-order valence-corrected chi connectivity index (χ2v) is 3.10. The highest BCUT2D eigenvalue weighted by Gasteiger charge is 2.13. The van der Waals surface area contributed by atoms with Gasteiger partial charge in [0.15, 0.2) is 0 Å². The molecule has 15 heavy (non-hydrogen) atoms. The van der Waals surface area contributed by atoms with Gasteiger partial charge in [-0.2, -0.15) is 0 Å². The van der Waals surface area contributed by atoms with Crippen molar-refractivity contribution in [2.45, 2.75) is 0 Å². The van der Waals surface area contributed by atoms with E-state index in [-0.39, 0.29) is 22.1 Å². The van der Waals surface area contributed by atoms with Gasteiger partial charge in [-0.05, 0) is 18.2 Å². The Morgan fingerprint density at radius 1 is 1.20 bits per heavy atom. The third kappa shape index (κ3) is 1.40. The first-order chi connectivity index (χ1) is 7.11. The Morgan fingerprint density at radius 3 is 2.60 bits per heavy atom. The molecule has 0 aliphatic carbocycles. The summed E-state index contributed by atoms with van der Waals surface area (Å²) in [4.78, 5) is 10.8. The molecule has 0 spiro atoms. The summed E-state index contributed by atoms with van der Waals surface area (Å²) in [5, 5.41) is 18.4. The maximum atomic E-state index is 13.3. The van der Waals surface area contributed by atoms with E-state index < -0.39 is 11.8 Å². The van der Waals surface area contributed by atoms with Crippen molar-refractivity contribution in [2.75, 3.05) is 0 Å². The number of carboxylic acids is 1. The lowest BCUT2D eigenvalue weighted by molar-refractivity contribution is 0.0699. The molecule has 0 unspecified atom stereocenters. The van der Waals surface area contributed by atoms with Crippen LogP contribution in [0.3, 0.4) is 0 Å². The van der Waals surface area contributed by atoms with Crippen LogP contribution >= 0.6 is 0 Å². The lowest BCUT2D eigenvalue weighted by atomic mass is 10.0. The van der Waals surface area contributed by atoms with Gasteiger partial charge in [-0.15, -0.1) is 0 Å². The molecule has 2 aromatic carbocycles. The summed E-state index contributed by atoms with van der Waals surface area (Å²) in [6, 6.07) is 6.47. The molecule has 4 heteroatoms. The molecule has 0 aromatic heterocycles. The van der Waals surface area contributed by atoms with Gasteiger partial charge >= 0.3 is 5.97 Å². The number of phenolic OH excluding ortho intramolecular Hbond substituents is 1. The van der Waals surface area contributed by atoms with Gasteiger partial charge in [-0.25, -0.2) is 9.18 Å². The molecule has 0 amide bonds. The molecule has 0 atom stereocenters. The van der Waals surface area contributed by atoms with Gasteiger partial charge in [0, 0.05) is 5.39 Å². The molecule has 0 saturated heterocycles. The fraction of sp³-hybridized carbons (Fsp3) is 0. The van der Waals surface area contributed by atoms with Crippen LogP contribution in [0.1, 0.15) is 10.4 Å². The van der Waals surface area contributed by atoms with Gasteiger partial charge in [-0.3, -0.25) is 0 Å². The van der Waals surface area contributed by atoms with E-state index in [1.807, 2.05) is 0 Å². The third-order valence-corrected chi connectivity index (χ3v) is 2.20. The summed E-state index contributed by atoms with van der Waals surface area (Å²) in [5.74, 6) is -2.04. The van der Waals surface area contributed by atoms with Gasteiger partial charge in [0.2, 0.25) is 0 Å². The summed E-state index contributed by atoms with van der Waals surface area (Å²) in [5.41, 5.74) is -0.0256. The van der Waals surface area contributed by atoms with Crippen molar-refractivity contribution in [3.8, 4) is 5.75 Å². The van der Waals surface area contributed by atoms with Crippen LogP contribution in [-0.2, 0) is 0 Å². The fourth-order valence-corrected chi connectivity index (χ4v) is 1.53. The zero-order chi connectivity index (χ0) is 11.0. The number of carboxylic acid groups (broad SMARTS) is 1. The molecule has 0 aliphatic rings. The molecule has 2 aromatic rings. The van der Waals surface area contributed by atoms with E-state index in [0.717, 1.165) is 0 Å². The number of aromatic carboxylic acids is 1. The lowest BCUT2D eigenvalue weighted by Gasteiger charge is -2.05. The minimum Gasteiger partial charge on any atom is -0.507 e. The zero-order valence-electron chi connectivity index (χ0n) is 7.57. The van der Waals surface area contributed by atoms with Crippen LogP contribution in [0.15, 0.2) is 30.3 Å².